The van der Waals surface area contributed by atoms with Crippen molar-refractivity contribution >= 4 is 5.91 Å². The van der Waals surface area contributed by atoms with E-state index in [9.17, 15) is 18.7 Å². The normalized spacial score (nSPS) is 12.2. The molecule has 1 unspecified atom stereocenters. The van der Waals surface area contributed by atoms with Gasteiger partial charge in [0.25, 0.3) is 5.91 Å². The zero-order chi connectivity index (χ0) is 15.4. The standard InChI is InChI=1S/C14H15F2N3O2/c1-2-19-8-9(6-18-19)14(21)17-7-12(20)13-10(15)4-3-5-11(13)16/h3-6,8,12,20H,2,7H2,1H3,(H,17,21). The molecule has 2 aromatic rings. The van der Waals surface area contributed by atoms with Gasteiger partial charge in [0.1, 0.15) is 17.7 Å². The summed E-state index contributed by atoms with van der Waals surface area (Å²) in [5.74, 6) is -2.17. The van der Waals surface area contributed by atoms with Crippen molar-refractivity contribution in [3.05, 3.63) is 53.4 Å². The first kappa shape index (κ1) is 15.1. The summed E-state index contributed by atoms with van der Waals surface area (Å²) in [6, 6.07) is 3.31. The van der Waals surface area contributed by atoms with E-state index in [4.69, 9.17) is 0 Å². The second-order valence-electron chi connectivity index (χ2n) is 4.45. The fourth-order valence-electron chi connectivity index (χ4n) is 1.88. The van der Waals surface area contributed by atoms with E-state index >= 15 is 0 Å². The number of carbonyl (C=O) groups is 1. The van der Waals surface area contributed by atoms with Crippen LogP contribution >= 0.6 is 0 Å². The molecule has 2 rings (SSSR count). The van der Waals surface area contributed by atoms with Crippen LogP contribution in [0.4, 0.5) is 8.78 Å². The number of benzene rings is 1. The molecular formula is C14H15F2N3O2. The molecule has 0 radical (unpaired) electrons. The van der Waals surface area contributed by atoms with E-state index in [0.717, 1.165) is 12.1 Å². The van der Waals surface area contributed by atoms with E-state index < -0.39 is 29.2 Å². The molecule has 0 saturated carbocycles. The van der Waals surface area contributed by atoms with Crippen LogP contribution in [0, 0.1) is 11.6 Å². The monoisotopic (exact) mass is 295 g/mol. The quantitative estimate of drug-likeness (QED) is 0.881. The molecule has 0 aliphatic carbocycles. The van der Waals surface area contributed by atoms with E-state index in [2.05, 4.69) is 10.4 Å². The van der Waals surface area contributed by atoms with Crippen molar-refractivity contribution in [3.63, 3.8) is 0 Å². The number of rotatable bonds is 5. The molecule has 0 aliphatic heterocycles. The summed E-state index contributed by atoms with van der Waals surface area (Å²) in [6.07, 6.45) is 1.47. The van der Waals surface area contributed by atoms with Gasteiger partial charge in [-0.2, -0.15) is 5.10 Å². The Bertz CT molecular complexity index is 623. The van der Waals surface area contributed by atoms with Crippen LogP contribution in [0.1, 0.15) is 28.9 Å². The fourth-order valence-corrected chi connectivity index (χ4v) is 1.88. The van der Waals surface area contributed by atoms with Crippen LogP contribution in [-0.4, -0.2) is 27.3 Å². The van der Waals surface area contributed by atoms with Crippen molar-refractivity contribution < 1.29 is 18.7 Å². The summed E-state index contributed by atoms with van der Waals surface area (Å²) in [4.78, 5) is 11.8. The highest BCUT2D eigenvalue weighted by molar-refractivity contribution is 5.93. The number of aromatic nitrogens is 2. The predicted molar refractivity (Wildman–Crippen MR) is 71.6 cm³/mol. The molecule has 1 amide bonds. The van der Waals surface area contributed by atoms with Crippen molar-refractivity contribution in [1.29, 1.82) is 0 Å². The Morgan fingerprint density at radius 3 is 2.67 bits per heavy atom. The molecule has 2 N–H and O–H groups in total. The molecule has 0 saturated heterocycles. The smallest absolute Gasteiger partial charge is 0.254 e. The Morgan fingerprint density at radius 1 is 1.43 bits per heavy atom. The SMILES string of the molecule is CCn1cc(C(=O)NCC(O)c2c(F)cccc2F)cn1. The first-order valence-electron chi connectivity index (χ1n) is 6.45. The van der Waals surface area contributed by atoms with Gasteiger partial charge in [0.05, 0.1) is 17.3 Å². The van der Waals surface area contributed by atoms with Crippen LogP contribution in [-0.2, 0) is 6.54 Å². The maximum atomic E-state index is 13.5. The predicted octanol–water partition coefficient (Wildman–Crippen LogP) is 1.64. The largest absolute Gasteiger partial charge is 0.386 e. The van der Waals surface area contributed by atoms with Gasteiger partial charge in [-0.05, 0) is 19.1 Å². The van der Waals surface area contributed by atoms with Crippen LogP contribution in [0.25, 0.3) is 0 Å². The summed E-state index contributed by atoms with van der Waals surface area (Å²) in [7, 11) is 0. The van der Waals surface area contributed by atoms with Crippen LogP contribution in [0.3, 0.4) is 0 Å². The third-order valence-corrected chi connectivity index (χ3v) is 3.01. The molecule has 1 atom stereocenters. The van der Waals surface area contributed by atoms with Crippen molar-refractivity contribution in [1.82, 2.24) is 15.1 Å². The number of nitrogens with one attached hydrogen (secondary N) is 1. The molecule has 1 aromatic carbocycles. The van der Waals surface area contributed by atoms with Crippen molar-refractivity contribution in [2.24, 2.45) is 0 Å². The van der Waals surface area contributed by atoms with Crippen LogP contribution in [0.15, 0.2) is 30.6 Å². The van der Waals surface area contributed by atoms with E-state index in [0.29, 0.717) is 12.1 Å². The van der Waals surface area contributed by atoms with Crippen LogP contribution in [0.5, 0.6) is 0 Å². The average Bonchev–Trinajstić information content (AvgIpc) is 2.93. The Morgan fingerprint density at radius 2 is 2.10 bits per heavy atom. The Balaban J connectivity index is 2.00. The van der Waals surface area contributed by atoms with Gasteiger partial charge in [-0.15, -0.1) is 0 Å². The average molecular weight is 295 g/mol. The summed E-state index contributed by atoms with van der Waals surface area (Å²) in [5.41, 5.74) is -0.139. The number of aryl methyl sites for hydroxylation is 1. The molecule has 112 valence electrons. The molecular weight excluding hydrogens is 280 g/mol. The van der Waals surface area contributed by atoms with Crippen molar-refractivity contribution in [3.8, 4) is 0 Å². The van der Waals surface area contributed by atoms with Crippen molar-refractivity contribution in [2.75, 3.05) is 6.54 Å². The lowest BCUT2D eigenvalue weighted by Gasteiger charge is -2.13. The van der Waals surface area contributed by atoms with E-state index in [1.165, 1.54) is 12.3 Å². The highest BCUT2D eigenvalue weighted by atomic mass is 19.1. The second-order valence-corrected chi connectivity index (χ2v) is 4.45. The fraction of sp³-hybridized carbons (Fsp3) is 0.286. The van der Waals surface area contributed by atoms with Gasteiger partial charge in [0.15, 0.2) is 0 Å². The Labute approximate surface area is 120 Å². The minimum atomic E-state index is -1.46. The van der Waals surface area contributed by atoms with Gasteiger partial charge in [0, 0.05) is 19.3 Å². The molecule has 21 heavy (non-hydrogen) atoms. The number of nitrogens with zero attached hydrogens (tertiary/aromatic N) is 2. The maximum absolute atomic E-state index is 13.5. The summed E-state index contributed by atoms with van der Waals surface area (Å²) < 4.78 is 28.5. The minimum Gasteiger partial charge on any atom is -0.386 e. The van der Waals surface area contributed by atoms with Crippen LogP contribution < -0.4 is 5.32 Å². The Kier molecular flexibility index (Phi) is 4.64. The summed E-state index contributed by atoms with van der Waals surface area (Å²) in [6.45, 7) is 2.20. The van der Waals surface area contributed by atoms with Gasteiger partial charge in [-0.25, -0.2) is 8.78 Å². The van der Waals surface area contributed by atoms with Gasteiger partial charge < -0.3 is 10.4 Å². The van der Waals surface area contributed by atoms with Crippen LogP contribution in [0.2, 0.25) is 0 Å². The number of aliphatic hydroxyl groups excluding tert-OH is 1. The zero-order valence-corrected chi connectivity index (χ0v) is 11.4. The summed E-state index contributed by atoms with van der Waals surface area (Å²) >= 11 is 0. The molecule has 1 aromatic heterocycles. The molecule has 0 spiro atoms. The number of carbonyl (C=O) groups excluding carboxylic acids is 1. The van der Waals surface area contributed by atoms with Crippen molar-refractivity contribution in [2.45, 2.75) is 19.6 Å². The summed E-state index contributed by atoms with van der Waals surface area (Å²) in [5, 5.41) is 16.2. The highest BCUT2D eigenvalue weighted by Gasteiger charge is 2.19. The molecule has 0 bridgehead atoms. The lowest BCUT2D eigenvalue weighted by Crippen LogP contribution is -2.28. The van der Waals surface area contributed by atoms with E-state index in [-0.39, 0.29) is 6.54 Å². The number of halogens is 2. The lowest BCUT2D eigenvalue weighted by atomic mass is 10.1. The van der Waals surface area contributed by atoms with Gasteiger partial charge in [0.2, 0.25) is 0 Å². The van der Waals surface area contributed by atoms with E-state index in [1.807, 2.05) is 6.92 Å². The molecule has 5 nitrogen and oxygen atoms in total. The van der Waals surface area contributed by atoms with Gasteiger partial charge in [-0.1, -0.05) is 6.07 Å². The Hall–Kier alpha value is -2.28. The van der Waals surface area contributed by atoms with E-state index in [1.54, 1.807) is 10.9 Å². The second kappa shape index (κ2) is 6.45. The number of aliphatic hydroxyl groups is 1. The zero-order valence-electron chi connectivity index (χ0n) is 11.4. The maximum Gasteiger partial charge on any atom is 0.254 e. The minimum absolute atomic E-state index is 0.298. The first-order valence-corrected chi connectivity index (χ1v) is 6.45. The number of amides is 1. The molecule has 1 heterocycles. The lowest BCUT2D eigenvalue weighted by molar-refractivity contribution is 0.0911. The molecule has 0 aliphatic rings. The van der Waals surface area contributed by atoms with Gasteiger partial charge in [-0.3, -0.25) is 9.48 Å². The molecule has 7 heteroatoms. The first-order chi connectivity index (χ1) is 10.0. The highest BCUT2D eigenvalue weighted by Crippen LogP contribution is 2.19. The third-order valence-electron chi connectivity index (χ3n) is 3.01. The third kappa shape index (κ3) is 3.43. The van der Waals surface area contributed by atoms with Gasteiger partial charge >= 0.3 is 0 Å². The topological polar surface area (TPSA) is 67.2 Å². The number of hydrogen-bond donors (Lipinski definition) is 2. The number of hydrogen-bond acceptors (Lipinski definition) is 3. The molecule has 0 fully saturated rings.